The first-order chi connectivity index (χ1) is 15.6. The predicted molar refractivity (Wildman–Crippen MR) is 141 cm³/mol. The van der Waals surface area contributed by atoms with Crippen LogP contribution in [0.15, 0.2) is 11.4 Å². The zero-order valence-electron chi connectivity index (χ0n) is 20.8. The third-order valence-corrected chi connectivity index (χ3v) is 6.78. The van der Waals surface area contributed by atoms with E-state index < -0.39 is 0 Å². The highest BCUT2D eigenvalue weighted by Gasteiger charge is 2.13. The maximum absolute atomic E-state index is 5.56. The van der Waals surface area contributed by atoms with E-state index in [1.54, 1.807) is 25.2 Å². The number of thiocarbonyl (C=S) groups is 1. The Bertz CT molecular complexity index is 617. The van der Waals surface area contributed by atoms with Crippen LogP contribution in [0.25, 0.3) is 0 Å². The largest absolute Gasteiger partial charge is 0.481 e. The van der Waals surface area contributed by atoms with Crippen LogP contribution < -0.4 is 10.1 Å². The van der Waals surface area contributed by atoms with E-state index in [1.807, 2.05) is 6.92 Å². The number of nitrogens with zero attached hydrogens (tertiary/aromatic N) is 2. The molecule has 1 N–H and O–H groups in total. The van der Waals surface area contributed by atoms with Gasteiger partial charge in [-0.15, -0.1) is 11.8 Å². The Morgan fingerprint density at radius 2 is 1.81 bits per heavy atom. The van der Waals surface area contributed by atoms with Crippen LogP contribution in [0.4, 0.5) is 0 Å². The number of aromatic nitrogens is 2. The average molecular weight is 484 g/mol. The van der Waals surface area contributed by atoms with Gasteiger partial charge in [-0.05, 0) is 46.0 Å². The maximum atomic E-state index is 5.56. The van der Waals surface area contributed by atoms with Gasteiger partial charge >= 0.3 is 0 Å². The molecule has 5 nitrogen and oxygen atoms in total. The first-order valence-corrected chi connectivity index (χ1v) is 13.9. The quantitative estimate of drug-likeness (QED) is 0.0950. The topological polar surface area (TPSA) is 56.3 Å². The van der Waals surface area contributed by atoms with Crippen LogP contribution in [0.5, 0.6) is 5.88 Å². The zero-order valence-corrected chi connectivity index (χ0v) is 22.4. The maximum Gasteiger partial charge on any atom is 0.220 e. The fourth-order valence-electron chi connectivity index (χ4n) is 3.65. The lowest BCUT2D eigenvalue weighted by Crippen LogP contribution is -2.31. The van der Waals surface area contributed by atoms with Crippen molar-refractivity contribution in [2.45, 2.75) is 109 Å². The number of unbranched alkanes of at least 4 members (excludes halogenated alkanes) is 7. The third kappa shape index (κ3) is 13.6. The normalized spacial score (nSPS) is 12.0. The Morgan fingerprint density at radius 1 is 1.06 bits per heavy atom. The van der Waals surface area contributed by atoms with E-state index in [0.717, 1.165) is 66.6 Å². The lowest BCUT2D eigenvalue weighted by molar-refractivity contribution is 0.164. The van der Waals surface area contributed by atoms with Gasteiger partial charge < -0.3 is 14.8 Å². The van der Waals surface area contributed by atoms with Crippen molar-refractivity contribution in [3.05, 3.63) is 11.9 Å². The number of hydrogen-bond acceptors (Lipinski definition) is 6. The van der Waals surface area contributed by atoms with Gasteiger partial charge in [-0.1, -0.05) is 64.1 Å². The van der Waals surface area contributed by atoms with Gasteiger partial charge in [0.15, 0.2) is 0 Å². The molecule has 184 valence electrons. The molecule has 0 spiro atoms. The summed E-state index contributed by atoms with van der Waals surface area (Å²) >= 11 is 7.28. The molecular formula is C25H45N3O2S2. The SMILES string of the molecule is CCCCCCCCCC(=S)NC(C)CCCCc1c(OC)ncnc1SCCOCC. The number of hydrogen-bond donors (Lipinski definition) is 1. The van der Waals surface area contributed by atoms with E-state index in [1.165, 1.54) is 44.9 Å². The Hall–Kier alpha value is -0.920. The molecular weight excluding hydrogens is 438 g/mol. The molecule has 0 bridgehead atoms. The molecule has 0 amide bonds. The van der Waals surface area contributed by atoms with Crippen molar-refractivity contribution in [3.63, 3.8) is 0 Å². The third-order valence-electron chi connectivity index (χ3n) is 5.46. The van der Waals surface area contributed by atoms with Crippen LogP contribution in [0, 0.1) is 0 Å². The van der Waals surface area contributed by atoms with Crippen LogP contribution in [-0.4, -0.2) is 47.1 Å². The number of ether oxygens (including phenoxy) is 2. The molecule has 1 aromatic heterocycles. The number of rotatable bonds is 20. The van der Waals surface area contributed by atoms with E-state index >= 15 is 0 Å². The van der Waals surface area contributed by atoms with E-state index in [2.05, 4.69) is 29.1 Å². The second-order valence-electron chi connectivity index (χ2n) is 8.30. The minimum Gasteiger partial charge on any atom is -0.481 e. The van der Waals surface area contributed by atoms with Crippen LogP contribution in [0.3, 0.4) is 0 Å². The van der Waals surface area contributed by atoms with Crippen LogP contribution in [0.1, 0.15) is 97.0 Å². The van der Waals surface area contributed by atoms with Crippen LogP contribution >= 0.6 is 24.0 Å². The molecule has 1 atom stereocenters. The van der Waals surface area contributed by atoms with Crippen LogP contribution in [0.2, 0.25) is 0 Å². The molecule has 0 saturated carbocycles. The van der Waals surface area contributed by atoms with Crippen molar-refractivity contribution in [2.75, 3.05) is 26.1 Å². The molecule has 1 heterocycles. The summed E-state index contributed by atoms with van der Waals surface area (Å²) in [5.41, 5.74) is 1.12. The van der Waals surface area contributed by atoms with Gasteiger partial charge in [0.2, 0.25) is 5.88 Å². The van der Waals surface area contributed by atoms with Crippen LogP contribution in [-0.2, 0) is 11.2 Å². The molecule has 0 saturated heterocycles. The average Bonchev–Trinajstić information content (AvgIpc) is 2.79. The Kier molecular flexibility index (Phi) is 17.8. The van der Waals surface area contributed by atoms with E-state index in [9.17, 15) is 0 Å². The summed E-state index contributed by atoms with van der Waals surface area (Å²) in [6.07, 6.45) is 16.1. The molecule has 0 radical (unpaired) electrons. The zero-order chi connectivity index (χ0) is 23.4. The van der Waals surface area contributed by atoms with Gasteiger partial charge in [-0.25, -0.2) is 9.97 Å². The van der Waals surface area contributed by atoms with Gasteiger partial charge in [-0.3, -0.25) is 0 Å². The molecule has 0 aliphatic heterocycles. The van der Waals surface area contributed by atoms with Crippen molar-refractivity contribution in [2.24, 2.45) is 0 Å². The number of thioether (sulfide) groups is 1. The highest BCUT2D eigenvalue weighted by molar-refractivity contribution is 7.99. The Balaban J connectivity index is 2.27. The minimum atomic E-state index is 0.418. The summed E-state index contributed by atoms with van der Waals surface area (Å²) in [7, 11) is 1.68. The second kappa shape index (κ2) is 19.5. The highest BCUT2D eigenvalue weighted by atomic mass is 32.2. The predicted octanol–water partition coefficient (Wildman–Crippen LogP) is 6.77. The lowest BCUT2D eigenvalue weighted by Gasteiger charge is -2.16. The molecule has 0 aliphatic carbocycles. The van der Waals surface area contributed by atoms with Crippen molar-refractivity contribution in [1.29, 1.82) is 0 Å². The second-order valence-corrected chi connectivity index (χ2v) is 9.87. The fourth-order valence-corrected chi connectivity index (χ4v) is 4.88. The summed E-state index contributed by atoms with van der Waals surface area (Å²) in [6.45, 7) is 7.99. The molecule has 7 heteroatoms. The Morgan fingerprint density at radius 3 is 2.53 bits per heavy atom. The fraction of sp³-hybridized carbons (Fsp3) is 0.800. The number of methoxy groups -OCH3 is 1. The van der Waals surface area contributed by atoms with E-state index in [4.69, 9.17) is 21.7 Å². The summed E-state index contributed by atoms with van der Waals surface area (Å²) in [4.78, 5) is 9.81. The molecule has 0 aliphatic rings. The molecule has 32 heavy (non-hydrogen) atoms. The molecule has 0 aromatic carbocycles. The molecule has 0 fully saturated rings. The summed E-state index contributed by atoms with van der Waals surface area (Å²) < 4.78 is 10.9. The van der Waals surface area contributed by atoms with Gasteiger partial charge in [0.25, 0.3) is 0 Å². The molecule has 1 rings (SSSR count). The van der Waals surface area contributed by atoms with Gasteiger partial charge in [-0.2, -0.15) is 0 Å². The van der Waals surface area contributed by atoms with Crippen molar-refractivity contribution in [1.82, 2.24) is 15.3 Å². The van der Waals surface area contributed by atoms with Gasteiger partial charge in [0.1, 0.15) is 11.4 Å². The van der Waals surface area contributed by atoms with Crippen molar-refractivity contribution in [3.8, 4) is 5.88 Å². The van der Waals surface area contributed by atoms with E-state index in [-0.39, 0.29) is 0 Å². The van der Waals surface area contributed by atoms with Gasteiger partial charge in [0, 0.05) is 24.0 Å². The number of nitrogens with one attached hydrogen (secondary N) is 1. The minimum absolute atomic E-state index is 0.418. The first-order valence-electron chi connectivity index (χ1n) is 12.5. The summed E-state index contributed by atoms with van der Waals surface area (Å²) in [5, 5.41) is 4.54. The lowest BCUT2D eigenvalue weighted by atomic mass is 10.1. The van der Waals surface area contributed by atoms with Crippen molar-refractivity contribution < 1.29 is 9.47 Å². The van der Waals surface area contributed by atoms with E-state index in [0.29, 0.717) is 11.9 Å². The summed E-state index contributed by atoms with van der Waals surface area (Å²) in [6, 6.07) is 0.418. The smallest absolute Gasteiger partial charge is 0.220 e. The molecule has 1 aromatic rings. The first kappa shape index (κ1) is 29.1. The highest BCUT2D eigenvalue weighted by Crippen LogP contribution is 2.28. The Labute approximate surface area is 206 Å². The van der Waals surface area contributed by atoms with Gasteiger partial charge in [0.05, 0.1) is 18.7 Å². The standard InChI is InChI=1S/C25H45N3O2S2/c1-5-7-8-9-10-11-12-17-23(31)28-21(3)15-13-14-16-22-24(29-4)26-20-27-25(22)32-19-18-30-6-2/h20-21H,5-19H2,1-4H3,(H,28,31). The summed E-state index contributed by atoms with van der Waals surface area (Å²) in [5.74, 6) is 1.58. The van der Waals surface area contributed by atoms with Crippen molar-refractivity contribution >= 4 is 29.0 Å². The monoisotopic (exact) mass is 483 g/mol. The molecule has 1 unspecified atom stereocenters.